The molecule has 4 heteroatoms. The minimum Gasteiger partial charge on any atom is -0.331 e. The van der Waals surface area contributed by atoms with E-state index >= 15 is 0 Å². The van der Waals surface area contributed by atoms with E-state index in [1.165, 1.54) is 0 Å². The van der Waals surface area contributed by atoms with E-state index in [2.05, 4.69) is 34.1 Å². The van der Waals surface area contributed by atoms with Gasteiger partial charge in [-0.2, -0.15) is 5.10 Å². The van der Waals surface area contributed by atoms with Gasteiger partial charge in [0, 0.05) is 5.69 Å². The number of hydrogen-bond donors (Lipinski definition) is 2. The third-order valence-electron chi connectivity index (χ3n) is 3.35. The third-order valence-corrected chi connectivity index (χ3v) is 3.54. The quantitative estimate of drug-likeness (QED) is 0.487. The van der Waals surface area contributed by atoms with Crippen molar-refractivity contribution < 1.29 is 0 Å². The van der Waals surface area contributed by atoms with Gasteiger partial charge in [0.2, 0.25) is 0 Å². The lowest BCUT2D eigenvalue weighted by atomic mass is 10.1. The van der Waals surface area contributed by atoms with Gasteiger partial charge in [-0.1, -0.05) is 54.6 Å². The van der Waals surface area contributed by atoms with Crippen molar-refractivity contribution in [1.29, 1.82) is 0 Å². The molecule has 0 atom stereocenters. The Morgan fingerprint density at radius 2 is 1.65 bits per heavy atom. The molecule has 2 aromatic carbocycles. The number of allylic oxidation sites excluding steroid dienone is 1. The van der Waals surface area contributed by atoms with Crippen molar-refractivity contribution in [3.8, 4) is 0 Å². The Bertz CT molecular complexity index is 713. The molecule has 2 rings (SSSR count). The maximum atomic E-state index is 5.28. The molecule has 0 heterocycles. The van der Waals surface area contributed by atoms with Crippen LogP contribution in [0, 0.1) is 13.8 Å². The number of nitrogens with zero attached hydrogens (tertiary/aromatic N) is 1. The van der Waals surface area contributed by atoms with Gasteiger partial charge in [-0.05, 0) is 55.3 Å². The van der Waals surface area contributed by atoms with Gasteiger partial charge in [-0.3, -0.25) is 5.43 Å². The fourth-order valence-electron chi connectivity index (χ4n) is 2.20. The highest BCUT2D eigenvalue weighted by Gasteiger charge is 2.03. The molecule has 0 saturated heterocycles. The Morgan fingerprint density at radius 3 is 2.30 bits per heavy atom. The molecule has 0 aliphatic heterocycles. The van der Waals surface area contributed by atoms with Crippen LogP contribution in [0.5, 0.6) is 0 Å². The van der Waals surface area contributed by atoms with Gasteiger partial charge in [-0.25, -0.2) is 0 Å². The highest BCUT2D eigenvalue weighted by Crippen LogP contribution is 2.19. The highest BCUT2D eigenvalue weighted by atomic mass is 32.1. The molecule has 2 aromatic rings. The molecule has 2 N–H and O–H groups in total. The zero-order chi connectivity index (χ0) is 16.7. The number of benzene rings is 2. The molecule has 3 nitrogen and oxygen atoms in total. The molecule has 0 unspecified atom stereocenters. The second kappa shape index (κ2) is 8.25. The first-order valence-corrected chi connectivity index (χ1v) is 7.86. The van der Waals surface area contributed by atoms with Crippen LogP contribution in [0.4, 0.5) is 5.69 Å². The zero-order valence-corrected chi connectivity index (χ0v) is 14.4. The molecule has 0 aromatic heterocycles. The Labute approximate surface area is 143 Å². The summed E-state index contributed by atoms with van der Waals surface area (Å²) < 4.78 is 0. The molecule has 0 saturated carbocycles. The van der Waals surface area contributed by atoms with Crippen molar-refractivity contribution in [3.63, 3.8) is 0 Å². The van der Waals surface area contributed by atoms with Crippen LogP contribution in [0.25, 0.3) is 6.08 Å². The van der Waals surface area contributed by atoms with Gasteiger partial charge in [0.25, 0.3) is 0 Å². The fourth-order valence-corrected chi connectivity index (χ4v) is 2.35. The Hall–Kier alpha value is -2.46. The molecule has 23 heavy (non-hydrogen) atoms. The van der Waals surface area contributed by atoms with Gasteiger partial charge in [0.15, 0.2) is 5.11 Å². The summed E-state index contributed by atoms with van der Waals surface area (Å²) in [6.07, 6.45) is 3.82. The Morgan fingerprint density at radius 1 is 1.00 bits per heavy atom. The van der Waals surface area contributed by atoms with Crippen LogP contribution in [-0.2, 0) is 0 Å². The van der Waals surface area contributed by atoms with Crippen LogP contribution in [0.2, 0.25) is 0 Å². The monoisotopic (exact) mass is 323 g/mol. The van der Waals surface area contributed by atoms with Crippen LogP contribution >= 0.6 is 12.2 Å². The first-order chi connectivity index (χ1) is 11.1. The number of anilines is 1. The lowest BCUT2D eigenvalue weighted by Crippen LogP contribution is -2.24. The van der Waals surface area contributed by atoms with Gasteiger partial charge in [0.05, 0.1) is 6.21 Å². The van der Waals surface area contributed by atoms with E-state index in [0.717, 1.165) is 28.0 Å². The largest absolute Gasteiger partial charge is 0.331 e. The normalized spacial score (nSPS) is 11.5. The summed E-state index contributed by atoms with van der Waals surface area (Å²) in [6.45, 7) is 6.10. The summed E-state index contributed by atoms with van der Waals surface area (Å²) >= 11 is 5.28. The number of para-hydroxylation sites is 1. The summed E-state index contributed by atoms with van der Waals surface area (Å²) in [6, 6.07) is 16.3. The fraction of sp³-hybridized carbons (Fsp3) is 0.158. The Kier molecular flexibility index (Phi) is 6.06. The highest BCUT2D eigenvalue weighted by molar-refractivity contribution is 7.80. The van der Waals surface area contributed by atoms with Gasteiger partial charge >= 0.3 is 0 Å². The molecule has 0 aliphatic rings. The number of thiocarbonyl (C=S) groups is 1. The molecule has 0 aliphatic carbocycles. The van der Waals surface area contributed by atoms with Crippen molar-refractivity contribution in [2.45, 2.75) is 20.8 Å². The van der Waals surface area contributed by atoms with Crippen LogP contribution in [-0.4, -0.2) is 11.3 Å². The predicted octanol–water partition coefficient (Wildman–Crippen LogP) is 4.68. The molecular formula is C19H21N3S. The average molecular weight is 323 g/mol. The zero-order valence-electron chi connectivity index (χ0n) is 13.6. The topological polar surface area (TPSA) is 36.4 Å². The van der Waals surface area contributed by atoms with Crippen LogP contribution < -0.4 is 10.7 Å². The maximum absolute atomic E-state index is 5.28. The van der Waals surface area contributed by atoms with E-state index in [1.54, 1.807) is 6.21 Å². The molecule has 0 radical (unpaired) electrons. The summed E-state index contributed by atoms with van der Waals surface area (Å²) in [4.78, 5) is 0. The molecule has 0 spiro atoms. The molecule has 0 amide bonds. The molecule has 0 bridgehead atoms. The van der Waals surface area contributed by atoms with E-state index in [1.807, 2.05) is 57.2 Å². The van der Waals surface area contributed by atoms with Gasteiger partial charge in [-0.15, -0.1) is 0 Å². The van der Waals surface area contributed by atoms with E-state index in [-0.39, 0.29) is 0 Å². The SMILES string of the molecule is CC(/C=N\NC(=S)Nc1c(C)cccc1C)=C\c1ccccc1. The number of rotatable bonds is 4. The Balaban J connectivity index is 1.93. The second-order valence-electron chi connectivity index (χ2n) is 5.39. The van der Waals surface area contributed by atoms with Crippen molar-refractivity contribution >= 4 is 35.3 Å². The van der Waals surface area contributed by atoms with E-state index in [4.69, 9.17) is 12.2 Å². The lowest BCUT2D eigenvalue weighted by molar-refractivity contribution is 1.05. The lowest BCUT2D eigenvalue weighted by Gasteiger charge is -2.12. The summed E-state index contributed by atoms with van der Waals surface area (Å²) in [5.74, 6) is 0. The van der Waals surface area contributed by atoms with Crippen molar-refractivity contribution in [2.75, 3.05) is 5.32 Å². The van der Waals surface area contributed by atoms with Crippen molar-refractivity contribution in [1.82, 2.24) is 5.43 Å². The third kappa shape index (κ3) is 5.34. The van der Waals surface area contributed by atoms with Crippen LogP contribution in [0.1, 0.15) is 23.6 Å². The molecule has 0 fully saturated rings. The molecular weight excluding hydrogens is 302 g/mol. The molecule has 118 valence electrons. The maximum Gasteiger partial charge on any atom is 0.191 e. The van der Waals surface area contributed by atoms with E-state index < -0.39 is 0 Å². The first kappa shape index (κ1) is 16.9. The minimum atomic E-state index is 0.478. The summed E-state index contributed by atoms with van der Waals surface area (Å²) in [7, 11) is 0. The summed E-state index contributed by atoms with van der Waals surface area (Å²) in [5, 5.41) is 7.84. The van der Waals surface area contributed by atoms with Crippen LogP contribution in [0.15, 0.2) is 59.2 Å². The van der Waals surface area contributed by atoms with E-state index in [0.29, 0.717) is 5.11 Å². The smallest absolute Gasteiger partial charge is 0.191 e. The number of hydrazone groups is 1. The second-order valence-corrected chi connectivity index (χ2v) is 5.80. The predicted molar refractivity (Wildman–Crippen MR) is 104 cm³/mol. The first-order valence-electron chi connectivity index (χ1n) is 7.46. The number of nitrogens with one attached hydrogen (secondary N) is 2. The minimum absolute atomic E-state index is 0.478. The number of aryl methyl sites for hydroxylation is 2. The van der Waals surface area contributed by atoms with Crippen LogP contribution in [0.3, 0.4) is 0 Å². The van der Waals surface area contributed by atoms with E-state index in [9.17, 15) is 0 Å². The number of hydrogen-bond acceptors (Lipinski definition) is 2. The summed E-state index contributed by atoms with van der Waals surface area (Å²) in [5.41, 5.74) is 8.36. The van der Waals surface area contributed by atoms with Crippen molar-refractivity contribution in [2.24, 2.45) is 5.10 Å². The standard InChI is InChI=1S/C19H21N3S/c1-14(12-17-10-5-4-6-11-17)13-20-22-19(23)21-18-15(2)8-7-9-16(18)3/h4-13H,1-3H3,(H2,21,22,23)/b14-12+,20-13-. The average Bonchev–Trinajstić information content (AvgIpc) is 2.52. The van der Waals surface area contributed by atoms with Crippen molar-refractivity contribution in [3.05, 3.63) is 70.8 Å². The van der Waals surface area contributed by atoms with Gasteiger partial charge in [0.1, 0.15) is 0 Å². The van der Waals surface area contributed by atoms with Gasteiger partial charge < -0.3 is 5.32 Å².